The van der Waals surface area contributed by atoms with Crippen LogP contribution in [-0.2, 0) is 13.3 Å². The number of hydrogen-bond acceptors (Lipinski definition) is 5. The minimum atomic E-state index is -2.47. The lowest BCUT2D eigenvalue weighted by Crippen LogP contribution is -2.46. The van der Waals surface area contributed by atoms with Crippen LogP contribution in [0.1, 0.15) is 48.0 Å². The summed E-state index contributed by atoms with van der Waals surface area (Å²) in [6, 6.07) is 0.907. The van der Waals surface area contributed by atoms with Gasteiger partial charge in [0.25, 0.3) is 0 Å². The minimum Gasteiger partial charge on any atom is -0.374 e. The zero-order valence-corrected chi connectivity index (χ0v) is 17.4. The average molecular weight is 349 g/mol. The molecule has 23 heavy (non-hydrogen) atoms. The van der Waals surface area contributed by atoms with Crippen LogP contribution < -0.4 is 0 Å². The molecule has 0 amide bonds. The molecule has 0 aromatic carbocycles. The van der Waals surface area contributed by atoms with Crippen LogP contribution in [0, 0.1) is 0 Å². The number of likely N-dealkylation sites (N-methyl/N-ethyl adjacent to an activating group) is 2. The fraction of sp³-hybridized carbons (Fsp3) is 1.00. The summed E-state index contributed by atoms with van der Waals surface area (Å²) in [4.78, 5) is 4.99. The van der Waals surface area contributed by atoms with Crippen LogP contribution in [0.5, 0.6) is 0 Å². The van der Waals surface area contributed by atoms with Crippen LogP contribution in [0.25, 0.3) is 0 Å². The van der Waals surface area contributed by atoms with E-state index in [0.717, 1.165) is 51.7 Å². The predicted octanol–water partition coefficient (Wildman–Crippen LogP) is 3.09. The number of nitrogens with zero attached hydrogens (tertiary/aromatic N) is 2. The quantitative estimate of drug-likeness (QED) is 0.400. The Balaban J connectivity index is 4.35. The van der Waals surface area contributed by atoms with Gasteiger partial charge in [-0.2, -0.15) is 0 Å². The van der Waals surface area contributed by atoms with Crippen LogP contribution in [0.3, 0.4) is 0 Å². The zero-order valence-electron chi connectivity index (χ0n) is 16.4. The molecule has 0 rings (SSSR count). The van der Waals surface area contributed by atoms with Crippen LogP contribution in [0.2, 0.25) is 6.04 Å². The standard InChI is InChI=1S/C17H40N2O3Si/c1-7-18(8-2)15-16-19(9-3)14-13-17-23(20-10-4,21-11-5)22-12-6/h7-17H2,1-6H3. The maximum Gasteiger partial charge on any atom is 0.500 e. The monoisotopic (exact) mass is 348 g/mol. The maximum absolute atomic E-state index is 5.93. The van der Waals surface area contributed by atoms with Gasteiger partial charge in [0.2, 0.25) is 0 Å². The van der Waals surface area contributed by atoms with Crippen molar-refractivity contribution < 1.29 is 13.3 Å². The van der Waals surface area contributed by atoms with E-state index in [1.807, 2.05) is 20.8 Å². The molecule has 5 nitrogen and oxygen atoms in total. The molecule has 140 valence electrons. The Labute approximate surface area is 145 Å². The van der Waals surface area contributed by atoms with Crippen molar-refractivity contribution in [1.29, 1.82) is 0 Å². The molecule has 0 radical (unpaired) electrons. The van der Waals surface area contributed by atoms with Crippen LogP contribution in [0.15, 0.2) is 0 Å². The summed E-state index contributed by atoms with van der Waals surface area (Å²) in [6.07, 6.45) is 1.07. The molecule has 0 N–H and O–H groups in total. The van der Waals surface area contributed by atoms with Gasteiger partial charge in [0.05, 0.1) is 0 Å². The SMILES string of the molecule is CCO[Si](CCCN(CC)CCN(CC)CC)(OCC)OCC. The van der Waals surface area contributed by atoms with E-state index in [2.05, 4.69) is 30.6 Å². The van der Waals surface area contributed by atoms with Crippen molar-refractivity contribution in [3.8, 4) is 0 Å². The lowest BCUT2D eigenvalue weighted by Gasteiger charge is -2.30. The van der Waals surface area contributed by atoms with E-state index in [-0.39, 0.29) is 0 Å². The molecule has 6 heteroatoms. The van der Waals surface area contributed by atoms with Crippen LogP contribution in [0.4, 0.5) is 0 Å². The third-order valence-corrected chi connectivity index (χ3v) is 7.28. The molecule has 0 unspecified atom stereocenters. The molecule has 0 aliphatic rings. The fourth-order valence-corrected chi connectivity index (χ4v) is 5.36. The van der Waals surface area contributed by atoms with Gasteiger partial charge in [0, 0.05) is 39.0 Å². The topological polar surface area (TPSA) is 34.2 Å². The first-order valence-corrected chi connectivity index (χ1v) is 11.4. The third-order valence-electron chi connectivity index (χ3n) is 4.12. The Hall–Kier alpha value is 0.0169. The van der Waals surface area contributed by atoms with E-state index in [1.54, 1.807) is 0 Å². The molecule has 0 saturated carbocycles. The highest BCUT2D eigenvalue weighted by atomic mass is 28.4. The second-order valence-electron chi connectivity index (χ2n) is 5.55. The molecule has 0 aliphatic heterocycles. The van der Waals surface area contributed by atoms with E-state index in [0.29, 0.717) is 19.8 Å². The second kappa shape index (κ2) is 14.4. The maximum atomic E-state index is 5.93. The molecular weight excluding hydrogens is 308 g/mol. The number of rotatable bonds is 16. The van der Waals surface area contributed by atoms with E-state index in [4.69, 9.17) is 13.3 Å². The molecule has 0 aliphatic carbocycles. The summed E-state index contributed by atoms with van der Waals surface area (Å²) in [7, 11) is -2.47. The van der Waals surface area contributed by atoms with Crippen molar-refractivity contribution in [3.05, 3.63) is 0 Å². The Kier molecular flexibility index (Phi) is 14.4. The van der Waals surface area contributed by atoms with Gasteiger partial charge < -0.3 is 23.1 Å². The first kappa shape index (κ1) is 23.0. The number of hydrogen-bond donors (Lipinski definition) is 0. The molecule has 0 aromatic heterocycles. The zero-order chi connectivity index (χ0) is 17.6. The van der Waals surface area contributed by atoms with Crippen molar-refractivity contribution in [2.24, 2.45) is 0 Å². The van der Waals surface area contributed by atoms with Crippen LogP contribution in [-0.4, -0.2) is 77.7 Å². The lowest BCUT2D eigenvalue weighted by molar-refractivity contribution is 0.0698. The van der Waals surface area contributed by atoms with Gasteiger partial charge in [-0.25, -0.2) is 0 Å². The van der Waals surface area contributed by atoms with E-state index < -0.39 is 8.80 Å². The van der Waals surface area contributed by atoms with E-state index in [9.17, 15) is 0 Å². The van der Waals surface area contributed by atoms with Gasteiger partial charge in [-0.3, -0.25) is 0 Å². The van der Waals surface area contributed by atoms with Crippen molar-refractivity contribution in [1.82, 2.24) is 9.80 Å². The van der Waals surface area contributed by atoms with Gasteiger partial charge in [0.15, 0.2) is 0 Å². The first-order chi connectivity index (χ1) is 11.1. The smallest absolute Gasteiger partial charge is 0.374 e. The summed E-state index contributed by atoms with van der Waals surface area (Å²) in [5, 5.41) is 0. The van der Waals surface area contributed by atoms with Gasteiger partial charge in [-0.1, -0.05) is 20.8 Å². The minimum absolute atomic E-state index is 0.658. The van der Waals surface area contributed by atoms with Gasteiger partial charge >= 0.3 is 8.80 Å². The molecule has 0 spiro atoms. The molecule has 0 saturated heterocycles. The van der Waals surface area contributed by atoms with Crippen molar-refractivity contribution in [2.45, 2.75) is 54.0 Å². The Bertz CT molecular complexity index is 249. The second-order valence-corrected chi connectivity index (χ2v) is 8.28. The highest BCUT2D eigenvalue weighted by molar-refractivity contribution is 6.60. The Morgan fingerprint density at radius 2 is 1.04 bits per heavy atom. The Morgan fingerprint density at radius 1 is 0.609 bits per heavy atom. The summed E-state index contributed by atoms with van der Waals surface area (Å²) >= 11 is 0. The first-order valence-electron chi connectivity index (χ1n) is 9.47. The fourth-order valence-electron chi connectivity index (χ4n) is 2.77. The van der Waals surface area contributed by atoms with E-state index >= 15 is 0 Å². The van der Waals surface area contributed by atoms with Gasteiger partial charge in [-0.15, -0.1) is 0 Å². The average Bonchev–Trinajstić information content (AvgIpc) is 2.54. The highest BCUT2D eigenvalue weighted by Gasteiger charge is 2.39. The van der Waals surface area contributed by atoms with Crippen molar-refractivity contribution >= 4 is 8.80 Å². The predicted molar refractivity (Wildman–Crippen MR) is 100.0 cm³/mol. The molecule has 0 bridgehead atoms. The Morgan fingerprint density at radius 3 is 1.43 bits per heavy atom. The molecule has 0 aromatic rings. The van der Waals surface area contributed by atoms with Gasteiger partial charge in [-0.05, 0) is 53.4 Å². The lowest BCUT2D eigenvalue weighted by atomic mass is 10.3. The normalized spacial score (nSPS) is 12.5. The molecule has 0 heterocycles. The van der Waals surface area contributed by atoms with Gasteiger partial charge in [0.1, 0.15) is 0 Å². The van der Waals surface area contributed by atoms with E-state index in [1.165, 1.54) is 0 Å². The molecular formula is C17H40N2O3Si. The van der Waals surface area contributed by atoms with Crippen LogP contribution >= 0.6 is 0 Å². The third kappa shape index (κ3) is 9.79. The molecule has 0 fully saturated rings. The summed E-state index contributed by atoms with van der Waals surface area (Å²) < 4.78 is 17.8. The summed E-state index contributed by atoms with van der Waals surface area (Å²) in [5.74, 6) is 0. The summed E-state index contributed by atoms with van der Waals surface area (Å²) in [5.41, 5.74) is 0. The largest absolute Gasteiger partial charge is 0.500 e. The highest BCUT2D eigenvalue weighted by Crippen LogP contribution is 2.18. The van der Waals surface area contributed by atoms with Crippen molar-refractivity contribution in [3.63, 3.8) is 0 Å². The van der Waals surface area contributed by atoms with Crippen molar-refractivity contribution in [2.75, 3.05) is 59.1 Å². The molecule has 0 atom stereocenters. The summed E-state index contributed by atoms with van der Waals surface area (Å²) in [6.45, 7) is 21.4.